The van der Waals surface area contributed by atoms with Crippen molar-refractivity contribution >= 4 is 11.8 Å². The number of nitrogens with zero attached hydrogens (tertiary/aromatic N) is 1. The molecule has 0 aromatic carbocycles. The molecule has 14 heavy (non-hydrogen) atoms. The number of carbonyl (C=O) groups excluding carboxylic acids is 2. The van der Waals surface area contributed by atoms with Crippen LogP contribution in [0.4, 0.5) is 0 Å². The van der Waals surface area contributed by atoms with Crippen molar-refractivity contribution in [2.24, 2.45) is 5.73 Å². The molecule has 2 amide bonds. The minimum absolute atomic E-state index is 0.153. The molecule has 0 saturated carbocycles. The molecule has 0 aliphatic rings. The SMILES string of the molecule is Cc1cc(C(=O)NCC(N)=O)ccn1. The molecule has 0 aliphatic carbocycles. The maximum Gasteiger partial charge on any atom is 0.251 e. The molecule has 0 atom stereocenters. The Morgan fingerprint density at radius 3 is 2.86 bits per heavy atom. The molecule has 0 bridgehead atoms. The van der Waals surface area contributed by atoms with Gasteiger partial charge in [0, 0.05) is 17.5 Å². The van der Waals surface area contributed by atoms with Gasteiger partial charge >= 0.3 is 0 Å². The summed E-state index contributed by atoms with van der Waals surface area (Å²) < 4.78 is 0. The molecule has 3 N–H and O–H groups in total. The number of hydrogen-bond donors (Lipinski definition) is 2. The summed E-state index contributed by atoms with van der Waals surface area (Å²) in [7, 11) is 0. The van der Waals surface area contributed by atoms with Crippen LogP contribution < -0.4 is 11.1 Å². The highest BCUT2D eigenvalue weighted by atomic mass is 16.2. The van der Waals surface area contributed by atoms with Gasteiger partial charge in [-0.1, -0.05) is 0 Å². The van der Waals surface area contributed by atoms with Gasteiger partial charge in [-0.2, -0.15) is 0 Å². The molecular weight excluding hydrogens is 182 g/mol. The van der Waals surface area contributed by atoms with Crippen LogP contribution in [0.15, 0.2) is 18.3 Å². The third-order valence-corrected chi connectivity index (χ3v) is 1.58. The van der Waals surface area contributed by atoms with Crippen molar-refractivity contribution < 1.29 is 9.59 Å². The number of pyridine rings is 1. The Bertz CT molecular complexity index is 363. The summed E-state index contributed by atoms with van der Waals surface area (Å²) in [6.07, 6.45) is 1.54. The van der Waals surface area contributed by atoms with Crippen LogP contribution in [0.2, 0.25) is 0 Å². The molecule has 0 aliphatic heterocycles. The predicted molar refractivity (Wildman–Crippen MR) is 50.5 cm³/mol. The number of aryl methyl sites for hydroxylation is 1. The van der Waals surface area contributed by atoms with Crippen LogP contribution in [0.3, 0.4) is 0 Å². The molecule has 0 unspecified atom stereocenters. The van der Waals surface area contributed by atoms with Gasteiger partial charge in [0.1, 0.15) is 0 Å². The van der Waals surface area contributed by atoms with Crippen molar-refractivity contribution in [3.05, 3.63) is 29.6 Å². The summed E-state index contributed by atoms with van der Waals surface area (Å²) in [4.78, 5) is 25.7. The van der Waals surface area contributed by atoms with Crippen molar-refractivity contribution in [3.63, 3.8) is 0 Å². The molecule has 0 saturated heterocycles. The van der Waals surface area contributed by atoms with Crippen molar-refractivity contribution in [2.45, 2.75) is 6.92 Å². The van der Waals surface area contributed by atoms with Crippen LogP contribution in [-0.4, -0.2) is 23.3 Å². The molecule has 74 valence electrons. The molecule has 1 rings (SSSR count). The fraction of sp³-hybridized carbons (Fsp3) is 0.222. The predicted octanol–water partition coefficient (Wildman–Crippen LogP) is -0.395. The fourth-order valence-electron chi connectivity index (χ4n) is 0.956. The minimum Gasteiger partial charge on any atom is -0.368 e. The number of nitrogens with one attached hydrogen (secondary N) is 1. The van der Waals surface area contributed by atoms with Crippen LogP contribution in [-0.2, 0) is 4.79 Å². The number of amides is 2. The highest BCUT2D eigenvalue weighted by molar-refractivity contribution is 5.96. The average molecular weight is 193 g/mol. The van der Waals surface area contributed by atoms with Gasteiger partial charge in [0.25, 0.3) is 5.91 Å². The highest BCUT2D eigenvalue weighted by Gasteiger charge is 2.05. The quantitative estimate of drug-likeness (QED) is 0.685. The summed E-state index contributed by atoms with van der Waals surface area (Å²) in [5.41, 5.74) is 6.10. The zero-order chi connectivity index (χ0) is 10.6. The van der Waals surface area contributed by atoms with Gasteiger partial charge in [-0.25, -0.2) is 0 Å². The molecule has 0 fully saturated rings. The number of nitrogens with two attached hydrogens (primary N) is 1. The lowest BCUT2D eigenvalue weighted by atomic mass is 10.2. The summed E-state index contributed by atoms with van der Waals surface area (Å²) in [5, 5.41) is 2.38. The highest BCUT2D eigenvalue weighted by Crippen LogP contribution is 1.99. The van der Waals surface area contributed by atoms with Crippen molar-refractivity contribution in [1.29, 1.82) is 0 Å². The van der Waals surface area contributed by atoms with Crippen molar-refractivity contribution in [3.8, 4) is 0 Å². The van der Waals surface area contributed by atoms with Gasteiger partial charge in [0.2, 0.25) is 5.91 Å². The maximum atomic E-state index is 11.4. The van der Waals surface area contributed by atoms with Crippen molar-refractivity contribution in [1.82, 2.24) is 10.3 Å². The standard InChI is InChI=1S/C9H11N3O2/c1-6-4-7(2-3-11-6)9(14)12-5-8(10)13/h2-4H,5H2,1H3,(H2,10,13)(H,12,14). The Labute approximate surface area is 81.3 Å². The number of primary amides is 1. The third kappa shape index (κ3) is 2.85. The van der Waals surface area contributed by atoms with E-state index in [-0.39, 0.29) is 12.5 Å². The summed E-state index contributed by atoms with van der Waals surface area (Å²) in [5.74, 6) is -0.890. The molecule has 1 aromatic rings. The van der Waals surface area contributed by atoms with Gasteiger partial charge in [0.15, 0.2) is 0 Å². The van der Waals surface area contributed by atoms with E-state index in [1.165, 1.54) is 6.20 Å². The van der Waals surface area contributed by atoms with E-state index in [2.05, 4.69) is 10.3 Å². The Morgan fingerprint density at radius 2 is 2.29 bits per heavy atom. The second-order valence-corrected chi connectivity index (χ2v) is 2.83. The Hall–Kier alpha value is -1.91. The van der Waals surface area contributed by atoms with Crippen LogP contribution in [0.1, 0.15) is 16.1 Å². The van der Waals surface area contributed by atoms with Gasteiger partial charge in [-0.15, -0.1) is 0 Å². The monoisotopic (exact) mass is 193 g/mol. The molecule has 5 nitrogen and oxygen atoms in total. The first-order valence-electron chi connectivity index (χ1n) is 4.09. The zero-order valence-electron chi connectivity index (χ0n) is 7.78. The van der Waals surface area contributed by atoms with Gasteiger partial charge in [0.05, 0.1) is 6.54 Å². The molecular formula is C9H11N3O2. The molecule has 1 aromatic heterocycles. The molecule has 0 radical (unpaired) electrons. The summed E-state index contributed by atoms with van der Waals surface area (Å²) in [6, 6.07) is 3.21. The second-order valence-electron chi connectivity index (χ2n) is 2.83. The number of rotatable bonds is 3. The van der Waals surface area contributed by atoms with Crippen LogP contribution >= 0.6 is 0 Å². The van der Waals surface area contributed by atoms with E-state index in [9.17, 15) is 9.59 Å². The first-order valence-corrected chi connectivity index (χ1v) is 4.09. The Kier molecular flexibility index (Phi) is 3.17. The summed E-state index contributed by atoms with van der Waals surface area (Å²) >= 11 is 0. The third-order valence-electron chi connectivity index (χ3n) is 1.58. The zero-order valence-corrected chi connectivity index (χ0v) is 7.78. The Morgan fingerprint density at radius 1 is 1.57 bits per heavy atom. The van der Waals surface area contributed by atoms with E-state index in [1.807, 2.05) is 0 Å². The number of hydrogen-bond acceptors (Lipinski definition) is 3. The first kappa shape index (κ1) is 10.2. The second kappa shape index (κ2) is 4.36. The fourth-order valence-corrected chi connectivity index (χ4v) is 0.956. The van der Waals surface area contributed by atoms with Crippen LogP contribution in [0, 0.1) is 6.92 Å². The average Bonchev–Trinajstić information content (AvgIpc) is 2.14. The smallest absolute Gasteiger partial charge is 0.251 e. The van der Waals surface area contributed by atoms with Gasteiger partial charge in [-0.3, -0.25) is 14.6 Å². The molecule has 5 heteroatoms. The molecule has 0 spiro atoms. The van der Waals surface area contributed by atoms with Crippen molar-refractivity contribution in [2.75, 3.05) is 6.54 Å². The minimum atomic E-state index is -0.566. The van der Waals surface area contributed by atoms with E-state index >= 15 is 0 Å². The normalized spacial score (nSPS) is 9.50. The molecule has 1 heterocycles. The van der Waals surface area contributed by atoms with E-state index < -0.39 is 5.91 Å². The lowest BCUT2D eigenvalue weighted by molar-refractivity contribution is -0.117. The first-order chi connectivity index (χ1) is 6.59. The number of aromatic nitrogens is 1. The Balaban J connectivity index is 2.65. The van der Waals surface area contributed by atoms with Crippen LogP contribution in [0.5, 0.6) is 0 Å². The van der Waals surface area contributed by atoms with E-state index in [1.54, 1.807) is 19.1 Å². The van der Waals surface area contributed by atoms with E-state index in [4.69, 9.17) is 5.73 Å². The summed E-state index contributed by atoms with van der Waals surface area (Å²) in [6.45, 7) is 1.63. The largest absolute Gasteiger partial charge is 0.368 e. The van der Waals surface area contributed by atoms with Gasteiger partial charge in [-0.05, 0) is 19.1 Å². The van der Waals surface area contributed by atoms with E-state index in [0.717, 1.165) is 5.69 Å². The topological polar surface area (TPSA) is 85.1 Å². The maximum absolute atomic E-state index is 11.4. The van der Waals surface area contributed by atoms with Gasteiger partial charge < -0.3 is 11.1 Å². The van der Waals surface area contributed by atoms with E-state index in [0.29, 0.717) is 5.56 Å². The van der Waals surface area contributed by atoms with Crippen LogP contribution in [0.25, 0.3) is 0 Å². The lowest BCUT2D eigenvalue weighted by Gasteiger charge is -2.02. The lowest BCUT2D eigenvalue weighted by Crippen LogP contribution is -2.33. The number of carbonyl (C=O) groups is 2.